The Morgan fingerprint density at radius 1 is 0.926 bits per heavy atom. The van der Waals surface area contributed by atoms with Gasteiger partial charge in [-0.05, 0) is 80.4 Å². The third kappa shape index (κ3) is 7.76. The second kappa shape index (κ2) is 15.7. The Kier molecular flexibility index (Phi) is 11.2. The molecule has 0 spiro atoms. The normalized spacial score (nSPS) is 12.1. The molecule has 6 rings (SSSR count). The van der Waals surface area contributed by atoms with Crippen molar-refractivity contribution >= 4 is 51.3 Å². The number of rotatable bonds is 15. The first-order valence-corrected chi connectivity index (χ1v) is 20.6. The number of nitrogens with zero attached hydrogens (tertiary/aromatic N) is 2. The van der Waals surface area contributed by atoms with Gasteiger partial charge in [-0.25, -0.2) is 22.2 Å². The van der Waals surface area contributed by atoms with Gasteiger partial charge in [0.05, 0.1) is 49.6 Å². The van der Waals surface area contributed by atoms with Crippen molar-refractivity contribution in [2.24, 2.45) is 0 Å². The molecule has 2 heterocycles. The van der Waals surface area contributed by atoms with E-state index < -0.39 is 35.2 Å². The van der Waals surface area contributed by atoms with E-state index in [2.05, 4.69) is 10.3 Å². The highest BCUT2D eigenvalue weighted by molar-refractivity contribution is 7.92. The molecular formula is C38H38F2N3O9PS. The van der Waals surface area contributed by atoms with Crippen molar-refractivity contribution in [1.29, 1.82) is 0 Å². The van der Waals surface area contributed by atoms with Crippen molar-refractivity contribution in [1.82, 2.24) is 10.3 Å². The molecule has 0 aliphatic rings. The molecule has 0 saturated carbocycles. The number of sulfonamides is 1. The van der Waals surface area contributed by atoms with Crippen LogP contribution in [0, 0.1) is 11.6 Å². The second-order valence-corrected chi connectivity index (χ2v) is 16.2. The van der Waals surface area contributed by atoms with Crippen molar-refractivity contribution in [3.63, 3.8) is 0 Å². The Labute approximate surface area is 310 Å². The van der Waals surface area contributed by atoms with Crippen LogP contribution in [0.5, 0.6) is 5.75 Å². The Balaban J connectivity index is 1.60. The Morgan fingerprint density at radius 2 is 1.63 bits per heavy atom. The van der Waals surface area contributed by atoms with Crippen LogP contribution in [0.1, 0.15) is 30.6 Å². The van der Waals surface area contributed by atoms with E-state index in [-0.39, 0.29) is 71.9 Å². The molecule has 0 unspecified atom stereocenters. The molecule has 16 heteroatoms. The maximum absolute atomic E-state index is 14.7. The number of carbonyl (C=O) groups is 1. The lowest BCUT2D eigenvalue weighted by Crippen LogP contribution is -2.32. The van der Waals surface area contributed by atoms with Crippen LogP contribution in [0.4, 0.5) is 14.5 Å². The zero-order valence-electron chi connectivity index (χ0n) is 30.1. The highest BCUT2D eigenvalue weighted by atomic mass is 32.2. The minimum atomic E-state index is -4.04. The summed E-state index contributed by atoms with van der Waals surface area (Å²) in [5, 5.41) is 2.96. The lowest BCUT2D eigenvalue weighted by atomic mass is 9.96. The summed E-state index contributed by atoms with van der Waals surface area (Å²) in [6, 6.07) is 17.9. The number of benzene rings is 4. The standard InChI is InChI=1S/C38H38F2N3O9PS/c1-6-49-53(45,50-7-2)19-9-18-43(54(5,46)47)30-22-33-27(34(37(44)41-3)36(51-33)23-12-15-25(39)16-13-23)21-26(30)24-14-17-31(48-4)28(20-24)38-42-35-29(40)10-8-11-32(35)52-38/h8,10-17,20-22H,6-7,9,18-19H2,1-5H3,(H,41,44). The first-order valence-electron chi connectivity index (χ1n) is 17.0. The van der Waals surface area contributed by atoms with Crippen LogP contribution in [-0.4, -0.2) is 65.6 Å². The average Bonchev–Trinajstić information content (AvgIpc) is 3.75. The molecule has 0 atom stereocenters. The first kappa shape index (κ1) is 38.6. The summed E-state index contributed by atoms with van der Waals surface area (Å²) in [7, 11) is -4.65. The van der Waals surface area contributed by atoms with E-state index in [0.29, 0.717) is 33.4 Å². The van der Waals surface area contributed by atoms with Crippen molar-refractivity contribution in [3.05, 3.63) is 90.0 Å². The quantitative estimate of drug-likeness (QED) is 0.100. The average molecular weight is 782 g/mol. The molecule has 4 aromatic carbocycles. The number of halogens is 2. The summed E-state index contributed by atoms with van der Waals surface area (Å²) in [5.74, 6) is -1.04. The number of methoxy groups -OCH3 is 1. The molecule has 1 amide bonds. The van der Waals surface area contributed by atoms with Gasteiger partial charge in [0.25, 0.3) is 5.91 Å². The lowest BCUT2D eigenvalue weighted by Gasteiger charge is -2.26. The van der Waals surface area contributed by atoms with Crippen LogP contribution in [0.2, 0.25) is 0 Å². The van der Waals surface area contributed by atoms with Gasteiger partial charge in [0, 0.05) is 36.2 Å². The van der Waals surface area contributed by atoms with Crippen molar-refractivity contribution in [2.75, 3.05) is 50.6 Å². The zero-order valence-corrected chi connectivity index (χ0v) is 31.9. The summed E-state index contributed by atoms with van der Waals surface area (Å²) >= 11 is 0. The third-order valence-corrected chi connectivity index (χ3v) is 11.9. The molecule has 0 bridgehead atoms. The number of hydrogen-bond acceptors (Lipinski definition) is 10. The Morgan fingerprint density at radius 3 is 2.26 bits per heavy atom. The van der Waals surface area contributed by atoms with Gasteiger partial charge in [-0.15, -0.1) is 0 Å². The highest BCUT2D eigenvalue weighted by Crippen LogP contribution is 2.49. The first-order chi connectivity index (χ1) is 25.8. The zero-order chi connectivity index (χ0) is 38.8. The number of ether oxygens (including phenoxy) is 1. The molecule has 0 saturated heterocycles. The second-order valence-electron chi connectivity index (χ2n) is 12.1. The number of fused-ring (bicyclic) bond motifs is 2. The van der Waals surface area contributed by atoms with Gasteiger partial charge in [0.2, 0.25) is 15.9 Å². The fourth-order valence-corrected chi connectivity index (χ4v) is 8.85. The summed E-state index contributed by atoms with van der Waals surface area (Å²) in [6.45, 7) is 3.52. The van der Waals surface area contributed by atoms with Crippen molar-refractivity contribution in [2.45, 2.75) is 20.3 Å². The molecule has 0 aliphatic heterocycles. The lowest BCUT2D eigenvalue weighted by molar-refractivity contribution is 0.0964. The van der Waals surface area contributed by atoms with Gasteiger partial charge in [-0.3, -0.25) is 13.7 Å². The molecule has 284 valence electrons. The molecule has 0 aliphatic carbocycles. The van der Waals surface area contributed by atoms with Crippen molar-refractivity contribution in [3.8, 4) is 39.7 Å². The molecule has 54 heavy (non-hydrogen) atoms. The molecule has 0 radical (unpaired) electrons. The largest absolute Gasteiger partial charge is 0.496 e. The van der Waals surface area contributed by atoms with E-state index >= 15 is 0 Å². The summed E-state index contributed by atoms with van der Waals surface area (Å²) in [6.07, 6.45) is 1.07. The minimum Gasteiger partial charge on any atom is -0.496 e. The van der Waals surface area contributed by atoms with E-state index in [4.69, 9.17) is 22.6 Å². The number of para-hydroxylation sites is 1. The molecule has 0 fully saturated rings. The van der Waals surface area contributed by atoms with Crippen LogP contribution in [0.25, 0.3) is 56.0 Å². The van der Waals surface area contributed by atoms with Crippen LogP contribution < -0.4 is 14.4 Å². The molecule has 12 nitrogen and oxygen atoms in total. The maximum atomic E-state index is 14.7. The number of furan rings is 1. The number of nitrogens with one attached hydrogen (secondary N) is 1. The number of anilines is 1. The van der Waals surface area contributed by atoms with Gasteiger partial charge >= 0.3 is 7.60 Å². The number of oxazole rings is 1. The number of hydrogen-bond donors (Lipinski definition) is 1. The minimum absolute atomic E-state index is 0.0173. The van der Waals surface area contributed by atoms with Crippen molar-refractivity contribution < 1.29 is 49.2 Å². The van der Waals surface area contributed by atoms with Crippen LogP contribution >= 0.6 is 7.60 Å². The monoisotopic (exact) mass is 781 g/mol. The fraction of sp³-hybridized carbons (Fsp3) is 0.263. The van der Waals surface area contributed by atoms with Crippen LogP contribution in [-0.2, 0) is 23.6 Å². The van der Waals surface area contributed by atoms with Gasteiger partial charge in [-0.2, -0.15) is 0 Å². The summed E-state index contributed by atoms with van der Waals surface area (Å²) < 4.78 is 99.1. The smallest absolute Gasteiger partial charge is 0.330 e. The fourth-order valence-electron chi connectivity index (χ4n) is 6.23. The third-order valence-electron chi connectivity index (χ3n) is 8.59. The summed E-state index contributed by atoms with van der Waals surface area (Å²) in [4.78, 5) is 17.9. The molecule has 1 N–H and O–H groups in total. The molecule has 2 aromatic heterocycles. The van der Waals surface area contributed by atoms with E-state index in [9.17, 15) is 26.6 Å². The SMILES string of the molecule is CCOP(=O)(CCCN(c1cc2oc(-c3ccc(F)cc3)c(C(=O)NC)c2cc1-c1ccc(OC)c(-c2nc3c(F)cccc3o2)c1)S(C)(=O)=O)OCC. The van der Waals surface area contributed by atoms with Gasteiger partial charge in [-0.1, -0.05) is 12.1 Å². The predicted octanol–water partition coefficient (Wildman–Crippen LogP) is 8.64. The number of aromatic nitrogens is 1. The predicted molar refractivity (Wildman–Crippen MR) is 202 cm³/mol. The Bertz CT molecular complexity index is 2490. The van der Waals surface area contributed by atoms with Crippen LogP contribution in [0.15, 0.2) is 81.6 Å². The Hall–Kier alpha value is -5.08. The van der Waals surface area contributed by atoms with E-state index in [0.717, 1.165) is 10.6 Å². The highest BCUT2D eigenvalue weighted by Gasteiger charge is 2.30. The topological polar surface area (TPSA) is 150 Å². The number of amides is 1. The van der Waals surface area contributed by atoms with Gasteiger partial charge in [0.15, 0.2) is 11.4 Å². The summed E-state index contributed by atoms with van der Waals surface area (Å²) in [5.41, 5.74) is 2.22. The van der Waals surface area contributed by atoms with E-state index in [1.807, 2.05) is 0 Å². The van der Waals surface area contributed by atoms with E-state index in [1.54, 1.807) is 44.2 Å². The van der Waals surface area contributed by atoms with Crippen LogP contribution in [0.3, 0.4) is 0 Å². The van der Waals surface area contributed by atoms with E-state index in [1.165, 1.54) is 56.6 Å². The van der Waals surface area contributed by atoms with Gasteiger partial charge in [0.1, 0.15) is 28.4 Å². The maximum Gasteiger partial charge on any atom is 0.330 e. The number of carbonyl (C=O) groups excluding carboxylic acids is 1. The molecular weight excluding hydrogens is 743 g/mol. The molecule has 6 aromatic rings. The van der Waals surface area contributed by atoms with Gasteiger partial charge < -0.3 is 27.9 Å².